The minimum atomic E-state index is -0.283. The van der Waals surface area contributed by atoms with E-state index in [1.807, 2.05) is 0 Å². The molecule has 1 heterocycles. The first-order chi connectivity index (χ1) is 8.61. The zero-order valence-corrected chi connectivity index (χ0v) is 10.3. The van der Waals surface area contributed by atoms with Crippen LogP contribution in [0, 0.1) is 12.3 Å². The van der Waals surface area contributed by atoms with Gasteiger partial charge in [0.2, 0.25) is 11.8 Å². The molecule has 0 atom stereocenters. The van der Waals surface area contributed by atoms with Crippen LogP contribution < -0.4 is 10.2 Å². The van der Waals surface area contributed by atoms with Crippen molar-refractivity contribution in [3.05, 3.63) is 28.8 Å². The van der Waals surface area contributed by atoms with Crippen molar-refractivity contribution in [3.63, 3.8) is 0 Å². The summed E-state index contributed by atoms with van der Waals surface area (Å²) >= 11 is 5.89. The fourth-order valence-electron chi connectivity index (χ4n) is 1.85. The Labute approximate surface area is 110 Å². The van der Waals surface area contributed by atoms with Gasteiger partial charge in [0.15, 0.2) is 0 Å². The molecule has 0 radical (unpaired) electrons. The molecule has 1 aromatic carbocycles. The van der Waals surface area contributed by atoms with Crippen LogP contribution in [0.3, 0.4) is 0 Å². The quantitative estimate of drug-likeness (QED) is 0.826. The van der Waals surface area contributed by atoms with Crippen molar-refractivity contribution in [3.8, 4) is 12.3 Å². The molecule has 92 valence electrons. The summed E-state index contributed by atoms with van der Waals surface area (Å²) in [6, 6.07) is 5.22. The van der Waals surface area contributed by atoms with Crippen LogP contribution in [-0.4, -0.2) is 24.9 Å². The Morgan fingerprint density at radius 2 is 2.33 bits per heavy atom. The summed E-state index contributed by atoms with van der Waals surface area (Å²) in [6.07, 6.45) is 5.35. The van der Waals surface area contributed by atoms with Crippen molar-refractivity contribution in [1.29, 1.82) is 0 Å². The lowest BCUT2D eigenvalue weighted by Gasteiger charge is -2.16. The van der Waals surface area contributed by atoms with Gasteiger partial charge in [-0.25, -0.2) is 0 Å². The number of terminal acetylenes is 1. The van der Waals surface area contributed by atoms with Crippen LogP contribution in [0.25, 0.3) is 0 Å². The van der Waals surface area contributed by atoms with E-state index in [2.05, 4.69) is 11.2 Å². The molecular formula is C13H11ClN2O2. The highest BCUT2D eigenvalue weighted by Gasteiger charge is 2.28. The molecule has 0 bridgehead atoms. The van der Waals surface area contributed by atoms with Crippen molar-refractivity contribution in [2.45, 2.75) is 6.42 Å². The number of nitrogens with zero attached hydrogens (tertiary/aromatic N) is 1. The van der Waals surface area contributed by atoms with Gasteiger partial charge in [-0.2, -0.15) is 0 Å². The molecule has 0 spiro atoms. The number of carbonyl (C=O) groups excluding carboxylic acids is 2. The van der Waals surface area contributed by atoms with Crippen molar-refractivity contribution in [2.75, 3.05) is 18.0 Å². The Hall–Kier alpha value is -1.99. The number of carbonyl (C=O) groups is 2. The molecule has 0 aliphatic carbocycles. The average Bonchev–Trinajstić information content (AvgIpc) is 2.63. The van der Waals surface area contributed by atoms with E-state index < -0.39 is 0 Å². The molecule has 2 rings (SSSR count). The minimum Gasteiger partial charge on any atom is -0.344 e. The molecule has 1 aromatic rings. The molecule has 5 heteroatoms. The predicted octanol–water partition coefficient (Wildman–Crippen LogP) is 0.979. The van der Waals surface area contributed by atoms with Crippen LogP contribution >= 0.6 is 11.6 Å². The molecule has 0 saturated carbocycles. The topological polar surface area (TPSA) is 49.4 Å². The first kappa shape index (κ1) is 12.5. The first-order valence-electron chi connectivity index (χ1n) is 5.41. The average molecular weight is 263 g/mol. The Bertz CT molecular complexity index is 548. The lowest BCUT2D eigenvalue weighted by molar-refractivity contribution is -0.123. The van der Waals surface area contributed by atoms with Crippen LogP contribution in [0.5, 0.6) is 0 Å². The van der Waals surface area contributed by atoms with Gasteiger partial charge < -0.3 is 10.2 Å². The zero-order valence-electron chi connectivity index (χ0n) is 9.57. The number of anilines is 1. The van der Waals surface area contributed by atoms with Gasteiger partial charge in [-0.05, 0) is 17.7 Å². The molecule has 1 aliphatic heterocycles. The Morgan fingerprint density at radius 1 is 1.56 bits per heavy atom. The van der Waals surface area contributed by atoms with Crippen LogP contribution in [-0.2, 0) is 16.0 Å². The van der Waals surface area contributed by atoms with Gasteiger partial charge in [-0.1, -0.05) is 23.6 Å². The zero-order chi connectivity index (χ0) is 13.1. The molecule has 1 N–H and O–H groups in total. The highest BCUT2D eigenvalue weighted by Crippen LogP contribution is 2.31. The SMILES string of the molecule is C#CCNC(=O)CN1C(=O)Cc2ccc(Cl)cc21. The third-order valence-electron chi connectivity index (χ3n) is 2.67. The predicted molar refractivity (Wildman–Crippen MR) is 69.4 cm³/mol. The van der Waals surface area contributed by atoms with Gasteiger partial charge in [0, 0.05) is 10.7 Å². The van der Waals surface area contributed by atoms with Gasteiger partial charge >= 0.3 is 0 Å². The summed E-state index contributed by atoms with van der Waals surface area (Å²) in [4.78, 5) is 24.8. The minimum absolute atomic E-state index is 0.0339. The summed E-state index contributed by atoms with van der Waals surface area (Å²) in [5.74, 6) is 1.92. The fraction of sp³-hybridized carbons (Fsp3) is 0.231. The van der Waals surface area contributed by atoms with E-state index in [1.54, 1.807) is 18.2 Å². The highest BCUT2D eigenvalue weighted by molar-refractivity contribution is 6.31. The van der Waals surface area contributed by atoms with Crippen LogP contribution in [0.2, 0.25) is 5.02 Å². The van der Waals surface area contributed by atoms with Crippen LogP contribution in [0.15, 0.2) is 18.2 Å². The molecule has 0 fully saturated rings. The number of rotatable bonds is 3. The number of nitrogens with one attached hydrogen (secondary N) is 1. The summed E-state index contributed by atoms with van der Waals surface area (Å²) in [7, 11) is 0. The van der Waals surface area contributed by atoms with Gasteiger partial charge in [-0.15, -0.1) is 6.42 Å². The number of benzene rings is 1. The molecule has 1 aliphatic rings. The Kier molecular flexibility index (Phi) is 3.54. The molecular weight excluding hydrogens is 252 g/mol. The molecule has 2 amide bonds. The normalized spacial score (nSPS) is 13.1. The Balaban J connectivity index is 2.15. The van der Waals surface area contributed by atoms with Crippen molar-refractivity contribution < 1.29 is 9.59 Å². The summed E-state index contributed by atoms with van der Waals surface area (Å²) in [6.45, 7) is 0.122. The maximum absolute atomic E-state index is 11.8. The largest absolute Gasteiger partial charge is 0.344 e. The molecule has 18 heavy (non-hydrogen) atoms. The molecule has 0 aromatic heterocycles. The van der Waals surface area contributed by atoms with Gasteiger partial charge in [0.1, 0.15) is 6.54 Å². The summed E-state index contributed by atoms with van der Waals surface area (Å²) in [5, 5.41) is 3.06. The highest BCUT2D eigenvalue weighted by atomic mass is 35.5. The molecule has 0 unspecified atom stereocenters. The van der Waals surface area contributed by atoms with Gasteiger partial charge in [0.25, 0.3) is 0 Å². The van der Waals surface area contributed by atoms with Crippen molar-refractivity contribution in [1.82, 2.24) is 5.32 Å². The van der Waals surface area contributed by atoms with E-state index in [0.717, 1.165) is 5.56 Å². The maximum Gasteiger partial charge on any atom is 0.240 e. The number of hydrogen-bond acceptors (Lipinski definition) is 2. The molecule has 0 saturated heterocycles. The third-order valence-corrected chi connectivity index (χ3v) is 2.91. The van der Waals surface area contributed by atoms with Crippen molar-refractivity contribution >= 4 is 29.1 Å². The fourth-order valence-corrected chi connectivity index (χ4v) is 2.02. The van der Waals surface area contributed by atoms with E-state index in [0.29, 0.717) is 17.1 Å². The van der Waals surface area contributed by atoms with Gasteiger partial charge in [-0.3, -0.25) is 9.59 Å². The van der Waals surface area contributed by atoms with E-state index in [1.165, 1.54) is 4.90 Å². The first-order valence-corrected chi connectivity index (χ1v) is 5.78. The maximum atomic E-state index is 11.8. The summed E-state index contributed by atoms with van der Waals surface area (Å²) in [5.41, 5.74) is 1.58. The standard InChI is InChI=1S/C13H11ClN2O2/c1-2-5-15-12(17)8-16-11-7-10(14)4-3-9(11)6-13(16)18/h1,3-4,7H,5-6,8H2,(H,15,17). The van der Waals surface area contributed by atoms with E-state index in [9.17, 15) is 9.59 Å². The van der Waals surface area contributed by atoms with Crippen LogP contribution in [0.4, 0.5) is 5.69 Å². The van der Waals surface area contributed by atoms with E-state index in [4.69, 9.17) is 18.0 Å². The van der Waals surface area contributed by atoms with E-state index >= 15 is 0 Å². The smallest absolute Gasteiger partial charge is 0.240 e. The van der Waals surface area contributed by atoms with E-state index in [-0.39, 0.29) is 24.9 Å². The lowest BCUT2D eigenvalue weighted by atomic mass is 10.2. The number of amides is 2. The molecule has 4 nitrogen and oxygen atoms in total. The summed E-state index contributed by atoms with van der Waals surface area (Å²) < 4.78 is 0. The second kappa shape index (κ2) is 5.11. The monoisotopic (exact) mass is 262 g/mol. The second-order valence-corrected chi connectivity index (χ2v) is 4.35. The second-order valence-electron chi connectivity index (χ2n) is 3.91. The Morgan fingerprint density at radius 3 is 3.06 bits per heavy atom. The number of hydrogen-bond donors (Lipinski definition) is 1. The number of fused-ring (bicyclic) bond motifs is 1. The van der Waals surface area contributed by atoms with Crippen LogP contribution in [0.1, 0.15) is 5.56 Å². The third kappa shape index (κ3) is 2.47. The van der Waals surface area contributed by atoms with Gasteiger partial charge in [0.05, 0.1) is 13.0 Å². The number of halogens is 1. The van der Waals surface area contributed by atoms with Crippen molar-refractivity contribution in [2.24, 2.45) is 0 Å². The lowest BCUT2D eigenvalue weighted by Crippen LogP contribution is -2.39.